The Bertz CT molecular complexity index is 2380. The van der Waals surface area contributed by atoms with Gasteiger partial charge in [0.1, 0.15) is 17.3 Å². The molecular weight excluding hydrogens is 809 g/mol. The van der Waals surface area contributed by atoms with Crippen LogP contribution in [0.2, 0.25) is 0 Å². The van der Waals surface area contributed by atoms with Crippen LogP contribution in [0, 0.1) is 11.3 Å². The Balaban J connectivity index is 0.000000973. The molecule has 0 amide bonds. The molecule has 5 aliphatic heterocycles. The molecule has 1 aliphatic carbocycles. The van der Waals surface area contributed by atoms with Crippen LogP contribution in [0.25, 0.3) is 10.9 Å². The highest BCUT2D eigenvalue weighted by atomic mass is 32.3. The average Bonchev–Trinajstić information content (AvgIpc) is 3.89. The van der Waals surface area contributed by atoms with Crippen molar-refractivity contribution < 1.29 is 56.6 Å². The second-order valence-corrected chi connectivity index (χ2v) is 19.0. The number of hydrogen-bond acceptors (Lipinski definition) is 13. The number of benzene rings is 2. The molecule has 1 aromatic heterocycles. The van der Waals surface area contributed by atoms with Gasteiger partial charge in [0.2, 0.25) is 5.60 Å². The van der Waals surface area contributed by atoms with Crippen molar-refractivity contribution in [3.63, 3.8) is 0 Å². The fraction of sp³-hybridized carbons (Fsp3) is 0.591. The number of para-hydroxylation sites is 1. The number of carbonyl (C=O) groups excluding carboxylic acids is 2. The maximum Gasteiger partial charge on any atom is 0.394 e. The standard InChI is InChI=1S/C44H56N4O8.H2O4S/c1-7-40(52)22-26-23-43(38(50)55-5,34-28(14-18-47(24-26)25-40)27-12-9-10-13-31(27)45-34)30-20-29-32(21-33(30)54-4)46(3)36-42(29)16-19-48-17-11-15-41(8-2,35(42)48)37(49)44(36,53)39(51)56-6;1-5(2,3)4/h9-13,15,20-21,26,35-37,45,49,52-53H,7-8,14,16-19,22-25H2,1-6H3;(H2,1,2,3,4)/t26-,35+,36-,37-,40+,41-,42-,43+,44+;/m1./s1. The van der Waals surface area contributed by atoms with Crippen LogP contribution >= 0.6 is 0 Å². The lowest BCUT2D eigenvalue weighted by atomic mass is 9.47. The third-order valence-electron chi connectivity index (χ3n) is 15.4. The van der Waals surface area contributed by atoms with Crippen LogP contribution in [0.4, 0.5) is 5.69 Å². The number of nitrogens with one attached hydrogen (secondary N) is 1. The molecule has 17 heteroatoms. The Morgan fingerprint density at radius 1 is 0.951 bits per heavy atom. The number of aromatic nitrogens is 1. The number of nitrogens with zero attached hydrogens (tertiary/aromatic N) is 3. The summed E-state index contributed by atoms with van der Waals surface area (Å²) in [6.45, 7) is 7.41. The van der Waals surface area contributed by atoms with Crippen LogP contribution in [0.15, 0.2) is 48.6 Å². The summed E-state index contributed by atoms with van der Waals surface area (Å²) in [5, 5.41) is 38.3. The highest BCUT2D eigenvalue weighted by molar-refractivity contribution is 7.79. The van der Waals surface area contributed by atoms with E-state index < -0.39 is 61.9 Å². The molecular formula is C44H58N4O12S. The average molecular weight is 867 g/mol. The highest BCUT2D eigenvalue weighted by Gasteiger charge is 2.79. The molecule has 10 atom stereocenters. The summed E-state index contributed by atoms with van der Waals surface area (Å²) in [6.07, 6.45) is 5.82. The molecule has 332 valence electrons. The highest BCUT2D eigenvalue weighted by Crippen LogP contribution is 2.67. The second-order valence-electron chi connectivity index (χ2n) is 18.1. The van der Waals surface area contributed by atoms with Crippen molar-refractivity contribution in [1.29, 1.82) is 0 Å². The number of methoxy groups -OCH3 is 3. The molecule has 1 spiro atoms. The number of H-pyrrole nitrogens is 1. The quantitative estimate of drug-likeness (QED) is 0.119. The molecule has 16 nitrogen and oxygen atoms in total. The lowest BCUT2D eigenvalue weighted by Gasteiger charge is -2.63. The predicted octanol–water partition coefficient (Wildman–Crippen LogP) is 2.77. The van der Waals surface area contributed by atoms with Crippen LogP contribution in [0.3, 0.4) is 0 Å². The first kappa shape index (κ1) is 43.6. The Morgan fingerprint density at radius 2 is 1.66 bits per heavy atom. The summed E-state index contributed by atoms with van der Waals surface area (Å²) >= 11 is 0. The summed E-state index contributed by atoms with van der Waals surface area (Å²) in [6, 6.07) is 11.1. The van der Waals surface area contributed by atoms with E-state index in [2.05, 4.69) is 26.9 Å². The Morgan fingerprint density at radius 3 is 2.31 bits per heavy atom. The third kappa shape index (κ3) is 6.20. The van der Waals surface area contributed by atoms with Crippen LogP contribution in [-0.2, 0) is 46.7 Å². The summed E-state index contributed by atoms with van der Waals surface area (Å²) < 4.78 is 49.2. The number of likely N-dealkylation sites (N-methyl/N-ethyl adjacent to an activating group) is 1. The number of aliphatic hydroxyl groups excluding tert-OH is 1. The van der Waals surface area contributed by atoms with E-state index in [1.807, 2.05) is 62.2 Å². The number of hydrogen-bond donors (Lipinski definition) is 6. The van der Waals surface area contributed by atoms with Gasteiger partial charge in [0, 0.05) is 84.0 Å². The normalized spacial score (nSPS) is 36.2. The van der Waals surface area contributed by atoms with Gasteiger partial charge in [0.25, 0.3) is 0 Å². The minimum atomic E-state index is -4.67. The molecule has 0 radical (unpaired) electrons. The third-order valence-corrected chi connectivity index (χ3v) is 15.4. The minimum Gasteiger partial charge on any atom is -0.496 e. The lowest BCUT2D eigenvalue weighted by molar-refractivity contribution is -0.218. The van der Waals surface area contributed by atoms with E-state index in [9.17, 15) is 20.1 Å². The molecule has 6 heterocycles. The zero-order valence-corrected chi connectivity index (χ0v) is 36.4. The van der Waals surface area contributed by atoms with Crippen molar-refractivity contribution in [1.82, 2.24) is 14.8 Å². The van der Waals surface area contributed by atoms with Gasteiger partial charge in [-0.05, 0) is 74.2 Å². The Hall–Kier alpha value is -4.07. The first-order valence-electron chi connectivity index (χ1n) is 21.0. The topological polar surface area (TPSA) is 223 Å². The molecule has 6 N–H and O–H groups in total. The van der Waals surface area contributed by atoms with E-state index >= 15 is 4.79 Å². The van der Waals surface area contributed by atoms with E-state index in [1.165, 1.54) is 14.2 Å². The number of aliphatic hydroxyl groups is 3. The Kier molecular flexibility index (Phi) is 10.7. The molecule has 1 unspecified atom stereocenters. The molecule has 3 aromatic rings. The monoisotopic (exact) mass is 866 g/mol. The van der Waals surface area contributed by atoms with Gasteiger partial charge in [-0.1, -0.05) is 44.2 Å². The van der Waals surface area contributed by atoms with Gasteiger partial charge >= 0.3 is 22.3 Å². The van der Waals surface area contributed by atoms with Crippen LogP contribution in [-0.4, -0.2) is 150 Å². The van der Waals surface area contributed by atoms with Crippen molar-refractivity contribution in [2.75, 3.05) is 66.0 Å². The molecule has 2 bridgehead atoms. The van der Waals surface area contributed by atoms with Crippen molar-refractivity contribution >= 4 is 38.9 Å². The van der Waals surface area contributed by atoms with Crippen LogP contribution in [0.5, 0.6) is 5.75 Å². The van der Waals surface area contributed by atoms with Crippen molar-refractivity contribution in [3.8, 4) is 5.75 Å². The number of carbonyl (C=O) groups is 2. The maximum atomic E-state index is 15.2. The van der Waals surface area contributed by atoms with Gasteiger partial charge in [0.15, 0.2) is 0 Å². The summed E-state index contributed by atoms with van der Waals surface area (Å²) in [7, 11) is 1.50. The first-order valence-corrected chi connectivity index (χ1v) is 22.4. The maximum absolute atomic E-state index is 15.2. The summed E-state index contributed by atoms with van der Waals surface area (Å²) in [5.74, 6) is -0.908. The molecule has 1 saturated carbocycles. The molecule has 61 heavy (non-hydrogen) atoms. The number of anilines is 1. The van der Waals surface area contributed by atoms with Crippen molar-refractivity contribution in [3.05, 3.63) is 70.9 Å². The zero-order valence-electron chi connectivity index (χ0n) is 35.6. The van der Waals surface area contributed by atoms with E-state index in [4.69, 9.17) is 31.7 Å². The number of ether oxygens (including phenoxy) is 3. The van der Waals surface area contributed by atoms with Crippen molar-refractivity contribution in [2.24, 2.45) is 11.3 Å². The number of rotatable bonds is 6. The van der Waals surface area contributed by atoms with Crippen molar-refractivity contribution in [2.45, 2.75) is 92.6 Å². The number of fused-ring (bicyclic) bond motifs is 6. The minimum absolute atomic E-state index is 0.0795. The van der Waals surface area contributed by atoms with Gasteiger partial charge in [-0.25, -0.2) is 4.79 Å². The van der Waals surface area contributed by atoms with E-state index in [-0.39, 0.29) is 12.0 Å². The smallest absolute Gasteiger partial charge is 0.394 e. The molecule has 9 rings (SSSR count). The number of piperidine rings is 1. The Labute approximate surface area is 356 Å². The van der Waals surface area contributed by atoms with Gasteiger partial charge in [-0.15, -0.1) is 0 Å². The lowest BCUT2D eigenvalue weighted by Crippen LogP contribution is -2.80. The molecule has 6 aliphatic rings. The molecule has 2 saturated heterocycles. The molecule has 2 aromatic carbocycles. The van der Waals surface area contributed by atoms with E-state index in [0.29, 0.717) is 69.5 Å². The van der Waals surface area contributed by atoms with Gasteiger partial charge < -0.3 is 39.4 Å². The predicted molar refractivity (Wildman–Crippen MR) is 225 cm³/mol. The van der Waals surface area contributed by atoms with Gasteiger partial charge in [0.05, 0.1) is 33.0 Å². The zero-order chi connectivity index (χ0) is 44.1. The fourth-order valence-electron chi connectivity index (χ4n) is 13.2. The van der Waals surface area contributed by atoms with Crippen LogP contribution in [0.1, 0.15) is 68.3 Å². The second kappa shape index (κ2) is 15.0. The largest absolute Gasteiger partial charge is 0.496 e. The first-order chi connectivity index (χ1) is 28.8. The summed E-state index contributed by atoms with van der Waals surface area (Å²) in [4.78, 5) is 39.7. The van der Waals surface area contributed by atoms with Gasteiger partial charge in [-0.3, -0.25) is 23.7 Å². The fourth-order valence-corrected chi connectivity index (χ4v) is 13.2. The SMILES string of the molecule is CC[C@]1(O)C[C@H]2CN(CCc3c([nH]c4ccccc34)[C@@](C(=O)OC)(c3cc4c(cc3OC)N(C)[C@H]3[C@@](O)(C(=O)OC)[C@H](O)[C@]5(CC)C=CCN6CC[C@]43[C@@H]65)C2)C1.O=S(=O)(O)O. The van der Waals surface area contributed by atoms with E-state index in [1.54, 1.807) is 7.11 Å². The number of aromatic amines is 1. The summed E-state index contributed by atoms with van der Waals surface area (Å²) in [5.41, 5.74) is -1.43. The number of esters is 2. The van der Waals surface area contributed by atoms with Crippen LogP contribution < -0.4 is 9.64 Å². The van der Waals surface area contributed by atoms with Gasteiger partial charge in [-0.2, -0.15) is 8.42 Å². The van der Waals surface area contributed by atoms with E-state index in [0.717, 1.165) is 46.5 Å². The molecule has 3 fully saturated rings.